The molecule has 0 aliphatic carbocycles. The zero-order chi connectivity index (χ0) is 13.2. The number of hydrogen-bond donors (Lipinski definition) is 2. The SMILES string of the molecule is CNC(CC(C)(C)N)c1cccc2ccccc12. The molecule has 1 unspecified atom stereocenters. The lowest BCUT2D eigenvalue weighted by Crippen LogP contribution is -2.36. The summed E-state index contributed by atoms with van der Waals surface area (Å²) in [6.45, 7) is 4.14. The van der Waals surface area contributed by atoms with Crippen LogP contribution in [-0.2, 0) is 0 Å². The number of hydrogen-bond acceptors (Lipinski definition) is 2. The van der Waals surface area contributed by atoms with E-state index in [1.807, 2.05) is 7.05 Å². The summed E-state index contributed by atoms with van der Waals surface area (Å²) >= 11 is 0. The smallest absolute Gasteiger partial charge is 0.0341 e. The van der Waals surface area contributed by atoms with Gasteiger partial charge in [-0.05, 0) is 43.7 Å². The number of nitrogens with two attached hydrogens (primary N) is 1. The Kier molecular flexibility index (Phi) is 3.69. The highest BCUT2D eigenvalue weighted by Gasteiger charge is 2.20. The van der Waals surface area contributed by atoms with Gasteiger partial charge in [0.05, 0.1) is 0 Å². The molecule has 0 spiro atoms. The lowest BCUT2D eigenvalue weighted by atomic mass is 9.89. The van der Waals surface area contributed by atoms with Crippen molar-refractivity contribution in [2.24, 2.45) is 5.73 Å². The molecule has 1 atom stereocenters. The minimum absolute atomic E-state index is 0.176. The Morgan fingerprint density at radius 1 is 1.11 bits per heavy atom. The van der Waals surface area contributed by atoms with E-state index in [-0.39, 0.29) is 11.6 Å². The fourth-order valence-electron chi connectivity index (χ4n) is 2.45. The van der Waals surface area contributed by atoms with Crippen molar-refractivity contribution in [3.05, 3.63) is 48.0 Å². The number of rotatable bonds is 4. The van der Waals surface area contributed by atoms with Gasteiger partial charge in [-0.1, -0.05) is 42.5 Å². The maximum absolute atomic E-state index is 6.15. The van der Waals surface area contributed by atoms with E-state index >= 15 is 0 Å². The van der Waals surface area contributed by atoms with Gasteiger partial charge in [0.25, 0.3) is 0 Å². The molecule has 0 aliphatic rings. The van der Waals surface area contributed by atoms with Gasteiger partial charge in [0.2, 0.25) is 0 Å². The van der Waals surface area contributed by atoms with E-state index in [9.17, 15) is 0 Å². The Labute approximate surface area is 109 Å². The van der Waals surface area contributed by atoms with Crippen LogP contribution in [0.15, 0.2) is 42.5 Å². The van der Waals surface area contributed by atoms with Crippen LogP contribution in [0.4, 0.5) is 0 Å². The Morgan fingerprint density at radius 3 is 2.44 bits per heavy atom. The molecule has 0 saturated carbocycles. The van der Waals surface area contributed by atoms with Gasteiger partial charge in [0, 0.05) is 11.6 Å². The molecule has 0 aromatic heterocycles. The predicted octanol–water partition coefficient (Wildman–Crippen LogP) is 3.23. The Balaban J connectivity index is 2.45. The lowest BCUT2D eigenvalue weighted by molar-refractivity contribution is 0.397. The third kappa shape index (κ3) is 2.89. The summed E-state index contributed by atoms with van der Waals surface area (Å²) in [6, 6.07) is 15.2. The second-order valence-electron chi connectivity index (χ2n) is 5.60. The Hall–Kier alpha value is -1.38. The average Bonchev–Trinajstić information content (AvgIpc) is 2.34. The molecule has 2 nitrogen and oxygen atoms in total. The van der Waals surface area contributed by atoms with E-state index in [0.717, 1.165) is 6.42 Å². The van der Waals surface area contributed by atoms with Crippen LogP contribution in [0.5, 0.6) is 0 Å². The second kappa shape index (κ2) is 5.09. The average molecular weight is 242 g/mol. The molecular weight excluding hydrogens is 220 g/mol. The number of nitrogens with one attached hydrogen (secondary N) is 1. The van der Waals surface area contributed by atoms with Crippen molar-refractivity contribution in [1.29, 1.82) is 0 Å². The van der Waals surface area contributed by atoms with Crippen LogP contribution in [0.3, 0.4) is 0 Å². The monoisotopic (exact) mass is 242 g/mol. The van der Waals surface area contributed by atoms with E-state index in [1.165, 1.54) is 16.3 Å². The van der Waals surface area contributed by atoms with Gasteiger partial charge in [0.15, 0.2) is 0 Å². The molecule has 2 aromatic rings. The predicted molar refractivity (Wildman–Crippen MR) is 78.6 cm³/mol. The van der Waals surface area contributed by atoms with Gasteiger partial charge >= 0.3 is 0 Å². The third-order valence-corrected chi connectivity index (χ3v) is 3.28. The van der Waals surface area contributed by atoms with Crippen LogP contribution in [0.25, 0.3) is 10.8 Å². The summed E-state index contributed by atoms with van der Waals surface area (Å²) in [4.78, 5) is 0. The van der Waals surface area contributed by atoms with Crippen molar-refractivity contribution < 1.29 is 0 Å². The number of benzene rings is 2. The quantitative estimate of drug-likeness (QED) is 0.864. The fraction of sp³-hybridized carbons (Fsp3) is 0.375. The maximum atomic E-state index is 6.15. The van der Waals surface area contributed by atoms with E-state index in [2.05, 4.69) is 61.6 Å². The lowest BCUT2D eigenvalue weighted by Gasteiger charge is -2.27. The van der Waals surface area contributed by atoms with E-state index in [1.54, 1.807) is 0 Å². The first-order chi connectivity index (χ1) is 8.51. The van der Waals surface area contributed by atoms with Crippen molar-refractivity contribution in [2.75, 3.05) is 7.05 Å². The molecular formula is C16H22N2. The summed E-state index contributed by atoms with van der Waals surface area (Å²) in [5, 5.41) is 5.98. The van der Waals surface area contributed by atoms with Crippen molar-refractivity contribution in [2.45, 2.75) is 31.8 Å². The summed E-state index contributed by atoms with van der Waals surface area (Å²) in [6.07, 6.45) is 0.914. The highest BCUT2D eigenvalue weighted by atomic mass is 14.9. The highest BCUT2D eigenvalue weighted by molar-refractivity contribution is 5.86. The van der Waals surface area contributed by atoms with E-state index < -0.39 is 0 Å². The van der Waals surface area contributed by atoms with Crippen LogP contribution in [-0.4, -0.2) is 12.6 Å². The van der Waals surface area contributed by atoms with Gasteiger partial charge < -0.3 is 11.1 Å². The molecule has 0 aliphatic heterocycles. The third-order valence-electron chi connectivity index (χ3n) is 3.28. The Bertz CT molecular complexity index is 521. The largest absolute Gasteiger partial charge is 0.325 e. The first kappa shape index (κ1) is 13.1. The molecule has 18 heavy (non-hydrogen) atoms. The first-order valence-electron chi connectivity index (χ1n) is 6.45. The van der Waals surface area contributed by atoms with Crippen molar-refractivity contribution in [1.82, 2.24) is 5.32 Å². The van der Waals surface area contributed by atoms with Gasteiger partial charge in [-0.2, -0.15) is 0 Å². The van der Waals surface area contributed by atoms with Crippen LogP contribution in [0.2, 0.25) is 0 Å². The molecule has 0 radical (unpaired) electrons. The van der Waals surface area contributed by atoms with Crippen molar-refractivity contribution >= 4 is 10.8 Å². The second-order valence-corrected chi connectivity index (χ2v) is 5.60. The molecule has 3 N–H and O–H groups in total. The molecule has 0 saturated heterocycles. The van der Waals surface area contributed by atoms with Crippen LogP contribution in [0, 0.1) is 0 Å². The van der Waals surface area contributed by atoms with Crippen molar-refractivity contribution in [3.8, 4) is 0 Å². The normalized spacial score (nSPS) is 13.8. The topological polar surface area (TPSA) is 38.0 Å². The summed E-state index contributed by atoms with van der Waals surface area (Å²) in [7, 11) is 2.00. The summed E-state index contributed by atoms with van der Waals surface area (Å²) in [5.74, 6) is 0. The summed E-state index contributed by atoms with van der Waals surface area (Å²) < 4.78 is 0. The minimum atomic E-state index is -0.176. The van der Waals surface area contributed by atoms with Crippen LogP contribution >= 0.6 is 0 Å². The highest BCUT2D eigenvalue weighted by Crippen LogP contribution is 2.28. The molecule has 2 aromatic carbocycles. The van der Waals surface area contributed by atoms with Gasteiger partial charge in [0.1, 0.15) is 0 Å². The Morgan fingerprint density at radius 2 is 1.78 bits per heavy atom. The molecule has 0 heterocycles. The molecule has 2 heteroatoms. The van der Waals surface area contributed by atoms with E-state index in [4.69, 9.17) is 5.73 Å². The molecule has 2 rings (SSSR count). The first-order valence-corrected chi connectivity index (χ1v) is 6.45. The zero-order valence-corrected chi connectivity index (χ0v) is 11.4. The van der Waals surface area contributed by atoms with Gasteiger partial charge in [-0.3, -0.25) is 0 Å². The standard InChI is InChI=1S/C16H22N2/c1-16(2,17)11-15(18-3)14-10-6-8-12-7-4-5-9-13(12)14/h4-10,15,18H,11,17H2,1-3H3. The maximum Gasteiger partial charge on any atom is 0.0341 e. The van der Waals surface area contributed by atoms with Gasteiger partial charge in [-0.15, -0.1) is 0 Å². The summed E-state index contributed by atoms with van der Waals surface area (Å²) in [5.41, 5.74) is 7.31. The zero-order valence-electron chi connectivity index (χ0n) is 11.4. The van der Waals surface area contributed by atoms with Gasteiger partial charge in [-0.25, -0.2) is 0 Å². The molecule has 0 fully saturated rings. The molecule has 96 valence electrons. The number of fused-ring (bicyclic) bond motifs is 1. The molecule has 0 amide bonds. The van der Waals surface area contributed by atoms with E-state index in [0.29, 0.717) is 0 Å². The molecule has 0 bridgehead atoms. The van der Waals surface area contributed by atoms with Crippen LogP contribution in [0.1, 0.15) is 31.9 Å². The van der Waals surface area contributed by atoms with Crippen LogP contribution < -0.4 is 11.1 Å². The minimum Gasteiger partial charge on any atom is -0.325 e. The van der Waals surface area contributed by atoms with Crippen molar-refractivity contribution in [3.63, 3.8) is 0 Å². The fourth-order valence-corrected chi connectivity index (χ4v) is 2.45.